The van der Waals surface area contributed by atoms with E-state index in [2.05, 4.69) is 5.32 Å². The van der Waals surface area contributed by atoms with Crippen LogP contribution in [-0.4, -0.2) is 35.3 Å². The molecular weight excluding hydrogens is 288 g/mol. The van der Waals surface area contributed by atoms with Crippen LogP contribution in [0.4, 0.5) is 0 Å². The molecule has 1 aliphatic rings. The summed E-state index contributed by atoms with van der Waals surface area (Å²) >= 11 is 5.86. The van der Waals surface area contributed by atoms with Gasteiger partial charge in [-0.2, -0.15) is 0 Å². The molecule has 1 aliphatic heterocycles. The minimum absolute atomic E-state index is 0.0258. The first-order valence-corrected chi connectivity index (χ1v) is 7.76. The van der Waals surface area contributed by atoms with Crippen LogP contribution in [0, 0.1) is 0 Å². The van der Waals surface area contributed by atoms with Crippen LogP contribution in [-0.2, 0) is 16.0 Å². The molecule has 0 bridgehead atoms. The van der Waals surface area contributed by atoms with Crippen LogP contribution in [0.3, 0.4) is 0 Å². The lowest BCUT2D eigenvalue weighted by molar-refractivity contribution is -0.148. The molecule has 21 heavy (non-hydrogen) atoms. The zero-order valence-corrected chi connectivity index (χ0v) is 13.2. The molecule has 0 aromatic heterocycles. The number of hydrogen-bond acceptors (Lipinski definition) is 2. The van der Waals surface area contributed by atoms with Crippen molar-refractivity contribution in [3.8, 4) is 0 Å². The summed E-state index contributed by atoms with van der Waals surface area (Å²) in [6.07, 6.45) is 2.28. The number of nitrogens with one attached hydrogen (secondary N) is 1. The molecule has 1 heterocycles. The van der Waals surface area contributed by atoms with E-state index in [-0.39, 0.29) is 17.9 Å². The van der Waals surface area contributed by atoms with Crippen LogP contribution in [0.25, 0.3) is 0 Å². The number of hydrogen-bond donors (Lipinski definition) is 1. The van der Waals surface area contributed by atoms with Gasteiger partial charge < -0.3 is 10.2 Å². The van der Waals surface area contributed by atoms with E-state index < -0.39 is 6.04 Å². The molecule has 2 rings (SSSR count). The van der Waals surface area contributed by atoms with Crippen molar-refractivity contribution in [1.29, 1.82) is 0 Å². The quantitative estimate of drug-likeness (QED) is 0.908. The van der Waals surface area contributed by atoms with Gasteiger partial charge in [-0.15, -0.1) is 0 Å². The fraction of sp³-hybridized carbons (Fsp3) is 0.500. The van der Waals surface area contributed by atoms with Gasteiger partial charge in [0.2, 0.25) is 11.8 Å². The third kappa shape index (κ3) is 3.76. The number of carbonyl (C=O) groups excluding carboxylic acids is 2. The van der Waals surface area contributed by atoms with E-state index in [1.165, 1.54) is 0 Å². The number of halogens is 1. The fourth-order valence-electron chi connectivity index (χ4n) is 2.58. The molecule has 2 atom stereocenters. The van der Waals surface area contributed by atoms with Gasteiger partial charge in [-0.25, -0.2) is 0 Å². The highest BCUT2D eigenvalue weighted by atomic mass is 35.5. The zero-order chi connectivity index (χ0) is 15.4. The Morgan fingerprint density at radius 3 is 2.52 bits per heavy atom. The zero-order valence-electron chi connectivity index (χ0n) is 12.4. The van der Waals surface area contributed by atoms with Gasteiger partial charge in [0, 0.05) is 11.6 Å². The largest absolute Gasteiger partial charge is 0.343 e. The van der Waals surface area contributed by atoms with Crippen LogP contribution < -0.4 is 5.32 Å². The molecule has 1 aromatic carbocycles. The standard InChI is InChI=1S/C16H21ClN2O2/c1-3-4-14-16(21)19(11(2)15(20)18-14)10-9-12-5-7-13(17)8-6-12/h5-8,11,14H,3-4,9-10H2,1-2H3,(H,18,20). The van der Waals surface area contributed by atoms with Crippen molar-refractivity contribution in [3.05, 3.63) is 34.9 Å². The van der Waals surface area contributed by atoms with E-state index in [4.69, 9.17) is 11.6 Å². The second-order valence-electron chi connectivity index (χ2n) is 5.43. The summed E-state index contributed by atoms with van der Waals surface area (Å²) in [4.78, 5) is 26.1. The SMILES string of the molecule is CCCC1NC(=O)C(C)N(CCc2ccc(Cl)cc2)C1=O. The number of piperazine rings is 1. The van der Waals surface area contributed by atoms with Crippen molar-refractivity contribution in [1.82, 2.24) is 10.2 Å². The van der Waals surface area contributed by atoms with Crippen LogP contribution in [0.2, 0.25) is 5.02 Å². The molecule has 4 nitrogen and oxygen atoms in total. The van der Waals surface area contributed by atoms with Crippen LogP contribution in [0.15, 0.2) is 24.3 Å². The minimum Gasteiger partial charge on any atom is -0.343 e. The lowest BCUT2D eigenvalue weighted by atomic mass is 10.0. The molecule has 1 N–H and O–H groups in total. The van der Waals surface area contributed by atoms with Crippen molar-refractivity contribution in [2.45, 2.75) is 45.2 Å². The van der Waals surface area contributed by atoms with E-state index in [1.807, 2.05) is 31.2 Å². The molecule has 0 saturated carbocycles. The van der Waals surface area contributed by atoms with Gasteiger partial charge >= 0.3 is 0 Å². The van der Waals surface area contributed by atoms with E-state index in [0.29, 0.717) is 18.0 Å². The first kappa shape index (κ1) is 15.8. The number of benzene rings is 1. The highest BCUT2D eigenvalue weighted by molar-refractivity contribution is 6.30. The number of rotatable bonds is 5. The lowest BCUT2D eigenvalue weighted by Crippen LogP contribution is -2.62. The number of nitrogens with zero attached hydrogens (tertiary/aromatic N) is 1. The summed E-state index contributed by atoms with van der Waals surface area (Å²) in [7, 11) is 0. The average molecular weight is 309 g/mol. The third-order valence-electron chi connectivity index (χ3n) is 3.88. The Morgan fingerprint density at radius 1 is 1.24 bits per heavy atom. The third-order valence-corrected chi connectivity index (χ3v) is 4.13. The smallest absolute Gasteiger partial charge is 0.245 e. The Balaban J connectivity index is 2.03. The minimum atomic E-state index is -0.405. The van der Waals surface area contributed by atoms with Gasteiger partial charge in [0.05, 0.1) is 0 Å². The Hall–Kier alpha value is -1.55. The van der Waals surface area contributed by atoms with Gasteiger partial charge in [-0.3, -0.25) is 9.59 Å². The maximum atomic E-state index is 12.4. The first-order valence-electron chi connectivity index (χ1n) is 7.38. The average Bonchev–Trinajstić information content (AvgIpc) is 2.47. The topological polar surface area (TPSA) is 49.4 Å². The van der Waals surface area contributed by atoms with E-state index >= 15 is 0 Å². The molecule has 0 aliphatic carbocycles. The summed E-state index contributed by atoms with van der Waals surface area (Å²) in [5.74, 6) is -0.0398. The van der Waals surface area contributed by atoms with Crippen molar-refractivity contribution in [2.24, 2.45) is 0 Å². The summed E-state index contributed by atoms with van der Waals surface area (Å²) in [6.45, 7) is 4.34. The molecule has 0 spiro atoms. The van der Waals surface area contributed by atoms with Gasteiger partial charge in [-0.05, 0) is 37.5 Å². The maximum Gasteiger partial charge on any atom is 0.245 e. The van der Waals surface area contributed by atoms with Crippen LogP contribution in [0.5, 0.6) is 0 Å². The summed E-state index contributed by atoms with van der Waals surface area (Å²) in [5, 5.41) is 3.50. The van der Waals surface area contributed by atoms with Crippen molar-refractivity contribution in [3.63, 3.8) is 0 Å². The van der Waals surface area contributed by atoms with Gasteiger partial charge in [0.25, 0.3) is 0 Å². The Kier molecular flexibility index (Phi) is 5.23. The predicted octanol–water partition coefficient (Wildman–Crippen LogP) is 2.40. The summed E-state index contributed by atoms with van der Waals surface area (Å²) in [6, 6.07) is 6.80. The van der Waals surface area contributed by atoms with Gasteiger partial charge in [0.1, 0.15) is 12.1 Å². The monoisotopic (exact) mass is 308 g/mol. The Morgan fingerprint density at radius 2 is 1.90 bits per heavy atom. The lowest BCUT2D eigenvalue weighted by Gasteiger charge is -2.37. The highest BCUT2D eigenvalue weighted by Crippen LogP contribution is 2.15. The predicted molar refractivity (Wildman–Crippen MR) is 83.2 cm³/mol. The first-order chi connectivity index (χ1) is 10.0. The summed E-state index contributed by atoms with van der Waals surface area (Å²) < 4.78 is 0. The highest BCUT2D eigenvalue weighted by Gasteiger charge is 2.36. The molecule has 1 saturated heterocycles. The molecule has 2 amide bonds. The molecule has 1 aromatic rings. The van der Waals surface area contributed by atoms with Gasteiger partial charge in [-0.1, -0.05) is 37.1 Å². The molecule has 5 heteroatoms. The van der Waals surface area contributed by atoms with Crippen molar-refractivity contribution in [2.75, 3.05) is 6.54 Å². The molecule has 114 valence electrons. The summed E-state index contributed by atoms with van der Waals surface area (Å²) in [5.41, 5.74) is 1.11. The van der Waals surface area contributed by atoms with Crippen molar-refractivity contribution >= 4 is 23.4 Å². The number of carbonyl (C=O) groups is 2. The van der Waals surface area contributed by atoms with E-state index in [1.54, 1.807) is 11.8 Å². The van der Waals surface area contributed by atoms with E-state index in [0.717, 1.165) is 18.4 Å². The molecule has 1 fully saturated rings. The van der Waals surface area contributed by atoms with Crippen LogP contribution in [0.1, 0.15) is 32.3 Å². The molecule has 2 unspecified atom stereocenters. The Bertz CT molecular complexity index is 516. The Labute approximate surface area is 130 Å². The fourth-order valence-corrected chi connectivity index (χ4v) is 2.70. The van der Waals surface area contributed by atoms with Crippen LogP contribution >= 0.6 is 11.6 Å². The molecule has 0 radical (unpaired) electrons. The maximum absolute atomic E-state index is 12.4. The normalized spacial score (nSPS) is 22.3. The second-order valence-corrected chi connectivity index (χ2v) is 5.87. The molecular formula is C16H21ClN2O2. The van der Waals surface area contributed by atoms with Crippen molar-refractivity contribution < 1.29 is 9.59 Å². The second kappa shape index (κ2) is 6.94. The van der Waals surface area contributed by atoms with Gasteiger partial charge in [0.15, 0.2) is 0 Å². The number of amides is 2. The van der Waals surface area contributed by atoms with E-state index in [9.17, 15) is 9.59 Å².